The van der Waals surface area contributed by atoms with E-state index in [-0.39, 0.29) is 11.3 Å². The number of nitrogens with one attached hydrogen (secondary N) is 1. The highest BCUT2D eigenvalue weighted by atomic mass is 32.1. The first-order valence-electron chi connectivity index (χ1n) is 9.72. The predicted molar refractivity (Wildman–Crippen MR) is 118 cm³/mol. The van der Waals surface area contributed by atoms with Gasteiger partial charge in [-0.3, -0.25) is 4.79 Å². The fourth-order valence-corrected chi connectivity index (χ4v) is 5.03. The van der Waals surface area contributed by atoms with Gasteiger partial charge < -0.3 is 15.0 Å². The lowest BCUT2D eigenvalue weighted by Gasteiger charge is -2.32. The smallest absolute Gasteiger partial charge is 0.266 e. The summed E-state index contributed by atoms with van der Waals surface area (Å²) >= 11 is 1.43. The Labute approximate surface area is 167 Å². The molecule has 0 spiro atoms. The Kier molecular flexibility index (Phi) is 4.13. The molecular formula is C23H22N2O2S. The number of nitrogens with zero attached hydrogens (tertiary/aromatic N) is 1. The van der Waals surface area contributed by atoms with Crippen molar-refractivity contribution in [1.82, 2.24) is 4.98 Å². The van der Waals surface area contributed by atoms with Crippen LogP contribution in [0, 0.1) is 5.92 Å². The average molecular weight is 391 g/mol. The molecular weight excluding hydrogens is 368 g/mol. The molecule has 2 aromatic carbocycles. The number of fused-ring (bicyclic) bond motifs is 3. The number of pyridine rings is 1. The standard InChI is InChI=1S/C23H22N2O2S/c1-14-8-11-25(12-9-14)16-4-2-15(3-5-16)20-19(26)7-6-18-21(20)17-10-13-28-22(17)23(27)24-18/h2-7,10,13-14,26H,8-9,11-12H2,1H3,(H,24,27). The van der Waals surface area contributed by atoms with Crippen LogP contribution in [0.25, 0.3) is 32.1 Å². The van der Waals surface area contributed by atoms with Gasteiger partial charge in [-0.25, -0.2) is 0 Å². The monoisotopic (exact) mass is 390 g/mol. The molecule has 0 bridgehead atoms. The van der Waals surface area contributed by atoms with E-state index >= 15 is 0 Å². The molecule has 3 heterocycles. The summed E-state index contributed by atoms with van der Waals surface area (Å²) in [6.07, 6.45) is 2.46. The fourth-order valence-electron chi connectivity index (χ4n) is 4.23. The SMILES string of the molecule is CC1CCN(c2ccc(-c3c(O)ccc4[nH]c(=O)c5sccc5c34)cc2)CC1. The van der Waals surface area contributed by atoms with Gasteiger partial charge in [0.25, 0.3) is 5.56 Å². The molecule has 1 saturated heterocycles. The molecule has 5 rings (SSSR count). The summed E-state index contributed by atoms with van der Waals surface area (Å²) in [5, 5.41) is 14.4. The minimum absolute atomic E-state index is 0.0798. The van der Waals surface area contributed by atoms with Gasteiger partial charge in [0, 0.05) is 40.6 Å². The number of piperidine rings is 1. The molecule has 1 fully saturated rings. The topological polar surface area (TPSA) is 56.3 Å². The van der Waals surface area contributed by atoms with Gasteiger partial charge in [-0.1, -0.05) is 19.1 Å². The van der Waals surface area contributed by atoms with Crippen molar-refractivity contribution in [3.8, 4) is 16.9 Å². The second-order valence-corrected chi connectivity index (χ2v) is 8.63. The first kappa shape index (κ1) is 17.3. The second-order valence-electron chi connectivity index (χ2n) is 7.72. The summed E-state index contributed by atoms with van der Waals surface area (Å²) in [5.74, 6) is 1.03. The lowest BCUT2D eigenvalue weighted by molar-refractivity contribution is 0.438. The summed E-state index contributed by atoms with van der Waals surface area (Å²) in [5.41, 5.74) is 3.62. The fraction of sp³-hybridized carbons (Fsp3) is 0.261. The number of thiophene rings is 1. The number of hydrogen-bond acceptors (Lipinski definition) is 4. The Morgan fingerprint density at radius 1 is 1.07 bits per heavy atom. The van der Waals surface area contributed by atoms with Gasteiger partial charge in [0.15, 0.2) is 0 Å². The van der Waals surface area contributed by atoms with Crippen LogP contribution in [0.3, 0.4) is 0 Å². The third-order valence-electron chi connectivity index (χ3n) is 5.88. The molecule has 0 aliphatic carbocycles. The van der Waals surface area contributed by atoms with Gasteiger partial charge in [-0.15, -0.1) is 11.3 Å². The molecule has 4 nitrogen and oxygen atoms in total. The zero-order valence-electron chi connectivity index (χ0n) is 15.7. The third-order valence-corrected chi connectivity index (χ3v) is 6.79. The quantitative estimate of drug-likeness (QED) is 0.485. The van der Waals surface area contributed by atoms with E-state index in [1.54, 1.807) is 12.1 Å². The summed E-state index contributed by atoms with van der Waals surface area (Å²) < 4.78 is 0.693. The van der Waals surface area contributed by atoms with E-state index in [1.165, 1.54) is 29.9 Å². The molecule has 142 valence electrons. The van der Waals surface area contributed by atoms with Gasteiger partial charge in [-0.05, 0) is 60.0 Å². The molecule has 0 saturated carbocycles. The van der Waals surface area contributed by atoms with E-state index in [4.69, 9.17) is 0 Å². The van der Waals surface area contributed by atoms with Crippen LogP contribution in [-0.2, 0) is 0 Å². The molecule has 0 amide bonds. The maximum absolute atomic E-state index is 12.3. The normalized spacial score (nSPS) is 15.5. The van der Waals surface area contributed by atoms with Gasteiger partial charge >= 0.3 is 0 Å². The van der Waals surface area contributed by atoms with Crippen LogP contribution in [0.1, 0.15) is 19.8 Å². The number of benzene rings is 2. The van der Waals surface area contributed by atoms with Crippen molar-refractivity contribution in [2.75, 3.05) is 18.0 Å². The number of aromatic amines is 1. The molecule has 0 radical (unpaired) electrons. The average Bonchev–Trinajstić information content (AvgIpc) is 3.20. The number of aromatic hydroxyl groups is 1. The Morgan fingerprint density at radius 3 is 2.57 bits per heavy atom. The first-order valence-corrected chi connectivity index (χ1v) is 10.6. The highest BCUT2D eigenvalue weighted by molar-refractivity contribution is 7.17. The molecule has 0 unspecified atom stereocenters. The van der Waals surface area contributed by atoms with Crippen LogP contribution in [-0.4, -0.2) is 23.2 Å². The van der Waals surface area contributed by atoms with Crippen molar-refractivity contribution in [3.05, 3.63) is 58.2 Å². The number of aromatic nitrogens is 1. The van der Waals surface area contributed by atoms with E-state index < -0.39 is 0 Å². The summed E-state index contributed by atoms with van der Waals surface area (Å²) in [4.78, 5) is 17.7. The second kappa shape index (κ2) is 6.67. The first-order chi connectivity index (χ1) is 13.6. The van der Waals surface area contributed by atoms with E-state index in [9.17, 15) is 9.90 Å². The minimum atomic E-state index is -0.0798. The maximum Gasteiger partial charge on any atom is 0.266 e. The number of hydrogen-bond donors (Lipinski definition) is 2. The van der Waals surface area contributed by atoms with Crippen molar-refractivity contribution in [2.45, 2.75) is 19.8 Å². The molecule has 1 aliphatic rings. The van der Waals surface area contributed by atoms with E-state index in [0.29, 0.717) is 4.70 Å². The van der Waals surface area contributed by atoms with Crippen LogP contribution in [0.2, 0.25) is 0 Å². The number of phenolic OH excluding ortho intramolecular Hbond substituents is 1. The maximum atomic E-state index is 12.3. The highest BCUT2D eigenvalue weighted by Gasteiger charge is 2.18. The van der Waals surface area contributed by atoms with E-state index in [1.807, 2.05) is 11.4 Å². The van der Waals surface area contributed by atoms with Crippen molar-refractivity contribution in [1.29, 1.82) is 0 Å². The van der Waals surface area contributed by atoms with Gasteiger partial charge in [0.2, 0.25) is 0 Å². The minimum Gasteiger partial charge on any atom is -0.507 e. The van der Waals surface area contributed by atoms with E-state index in [0.717, 1.165) is 46.4 Å². The zero-order chi connectivity index (χ0) is 19.3. The Balaban J connectivity index is 1.64. The molecule has 5 heteroatoms. The van der Waals surface area contributed by atoms with Crippen LogP contribution in [0.15, 0.2) is 52.6 Å². The van der Waals surface area contributed by atoms with Crippen molar-refractivity contribution >= 4 is 38.0 Å². The van der Waals surface area contributed by atoms with Gasteiger partial charge in [0.1, 0.15) is 10.4 Å². The molecule has 28 heavy (non-hydrogen) atoms. The van der Waals surface area contributed by atoms with Crippen LogP contribution in [0.4, 0.5) is 5.69 Å². The Bertz CT molecular complexity index is 1220. The Morgan fingerprint density at radius 2 is 1.82 bits per heavy atom. The lowest BCUT2D eigenvalue weighted by Crippen LogP contribution is -2.32. The number of phenols is 1. The molecule has 0 atom stereocenters. The largest absolute Gasteiger partial charge is 0.507 e. The lowest BCUT2D eigenvalue weighted by atomic mass is 9.96. The zero-order valence-corrected chi connectivity index (χ0v) is 16.6. The summed E-state index contributed by atoms with van der Waals surface area (Å²) in [7, 11) is 0. The van der Waals surface area contributed by atoms with Crippen LogP contribution in [0.5, 0.6) is 5.75 Å². The molecule has 2 aromatic heterocycles. The molecule has 1 aliphatic heterocycles. The van der Waals surface area contributed by atoms with Gasteiger partial charge in [-0.2, -0.15) is 0 Å². The van der Waals surface area contributed by atoms with Crippen LogP contribution >= 0.6 is 11.3 Å². The third kappa shape index (κ3) is 2.78. The van der Waals surface area contributed by atoms with Crippen molar-refractivity contribution in [2.24, 2.45) is 5.92 Å². The number of rotatable bonds is 2. The van der Waals surface area contributed by atoms with E-state index in [2.05, 4.69) is 41.1 Å². The van der Waals surface area contributed by atoms with Crippen molar-refractivity contribution in [3.63, 3.8) is 0 Å². The number of H-pyrrole nitrogens is 1. The van der Waals surface area contributed by atoms with Crippen molar-refractivity contribution < 1.29 is 5.11 Å². The number of anilines is 1. The highest BCUT2D eigenvalue weighted by Crippen LogP contribution is 2.40. The Hall–Kier alpha value is -2.79. The predicted octanol–water partition coefficient (Wildman–Crippen LogP) is 5.35. The van der Waals surface area contributed by atoms with Gasteiger partial charge in [0.05, 0.1) is 0 Å². The molecule has 2 N–H and O–H groups in total. The molecule has 4 aromatic rings. The van der Waals surface area contributed by atoms with Crippen LogP contribution < -0.4 is 10.5 Å². The summed E-state index contributed by atoms with van der Waals surface area (Å²) in [6.45, 7) is 4.51. The summed E-state index contributed by atoms with van der Waals surface area (Å²) in [6, 6.07) is 13.8.